The second-order valence-corrected chi connectivity index (χ2v) is 5.98. The van der Waals surface area contributed by atoms with Crippen LogP contribution in [0.25, 0.3) is 11.4 Å². The first-order chi connectivity index (χ1) is 11.2. The summed E-state index contributed by atoms with van der Waals surface area (Å²) in [6.45, 7) is 2.62. The maximum atomic E-state index is 4.47. The lowest BCUT2D eigenvalue weighted by Gasteiger charge is -2.09. The Morgan fingerprint density at radius 3 is 2.52 bits per heavy atom. The van der Waals surface area contributed by atoms with Crippen molar-refractivity contribution in [3.63, 3.8) is 0 Å². The van der Waals surface area contributed by atoms with E-state index in [2.05, 4.69) is 50.8 Å². The Kier molecular flexibility index (Phi) is 4.88. The van der Waals surface area contributed by atoms with Crippen molar-refractivity contribution in [2.45, 2.75) is 18.4 Å². The average Bonchev–Trinajstić information content (AvgIpc) is 2.61. The van der Waals surface area contributed by atoms with Crippen LogP contribution in [-0.2, 0) is 6.54 Å². The van der Waals surface area contributed by atoms with E-state index in [9.17, 15) is 0 Å². The van der Waals surface area contributed by atoms with Gasteiger partial charge in [-0.15, -0.1) is 11.8 Å². The summed E-state index contributed by atoms with van der Waals surface area (Å²) >= 11 is 1.75. The lowest BCUT2D eigenvalue weighted by molar-refractivity contribution is 1.02. The van der Waals surface area contributed by atoms with Crippen molar-refractivity contribution in [2.24, 2.45) is 0 Å². The van der Waals surface area contributed by atoms with E-state index in [0.717, 1.165) is 29.6 Å². The molecule has 0 atom stereocenters. The molecule has 0 saturated carbocycles. The van der Waals surface area contributed by atoms with E-state index in [1.807, 2.05) is 31.2 Å². The number of aryl methyl sites for hydroxylation is 1. The normalized spacial score (nSPS) is 10.5. The molecular weight excluding hydrogens is 304 g/mol. The largest absolute Gasteiger partial charge is 0.366 e. The molecule has 0 amide bonds. The van der Waals surface area contributed by atoms with Crippen LogP contribution < -0.4 is 5.32 Å². The number of thioether (sulfide) groups is 1. The third-order valence-electron chi connectivity index (χ3n) is 3.40. The lowest BCUT2D eigenvalue weighted by Crippen LogP contribution is -2.04. The maximum Gasteiger partial charge on any atom is 0.130 e. The first kappa shape index (κ1) is 15.5. The van der Waals surface area contributed by atoms with Crippen LogP contribution in [0, 0.1) is 6.92 Å². The minimum absolute atomic E-state index is 0.729. The minimum atomic E-state index is 0.729. The van der Waals surface area contributed by atoms with Gasteiger partial charge < -0.3 is 5.32 Å². The number of hydrogen-bond donors (Lipinski definition) is 1. The number of nitrogens with zero attached hydrogens (tertiary/aromatic N) is 3. The Balaban J connectivity index is 1.76. The molecule has 0 aliphatic rings. The summed E-state index contributed by atoms with van der Waals surface area (Å²) in [6, 6.07) is 16.3. The highest BCUT2D eigenvalue weighted by Crippen LogP contribution is 2.19. The highest BCUT2D eigenvalue weighted by Gasteiger charge is 2.05. The van der Waals surface area contributed by atoms with Crippen LogP contribution in [0.2, 0.25) is 0 Å². The third kappa shape index (κ3) is 4.07. The van der Waals surface area contributed by atoms with Gasteiger partial charge in [0.1, 0.15) is 11.6 Å². The van der Waals surface area contributed by atoms with E-state index >= 15 is 0 Å². The molecule has 23 heavy (non-hydrogen) atoms. The van der Waals surface area contributed by atoms with Gasteiger partial charge in [-0.1, -0.05) is 18.2 Å². The number of rotatable bonds is 5. The van der Waals surface area contributed by atoms with Gasteiger partial charge in [-0.2, -0.15) is 0 Å². The molecule has 5 heteroatoms. The Morgan fingerprint density at radius 1 is 1.00 bits per heavy atom. The molecule has 0 spiro atoms. The zero-order chi connectivity index (χ0) is 16.1. The molecule has 0 aliphatic carbocycles. The summed E-state index contributed by atoms with van der Waals surface area (Å²) in [5.41, 5.74) is 2.90. The van der Waals surface area contributed by atoms with Gasteiger partial charge in [-0.25, -0.2) is 9.97 Å². The maximum absolute atomic E-state index is 4.47. The number of pyridine rings is 1. The van der Waals surface area contributed by atoms with Crippen LogP contribution in [-0.4, -0.2) is 21.2 Å². The predicted octanol–water partition coefficient (Wildman–Crippen LogP) is 4.18. The van der Waals surface area contributed by atoms with Crippen molar-refractivity contribution < 1.29 is 0 Å². The lowest BCUT2D eigenvalue weighted by atomic mass is 10.2. The van der Waals surface area contributed by atoms with E-state index in [4.69, 9.17) is 0 Å². The molecule has 3 aromatic rings. The highest BCUT2D eigenvalue weighted by molar-refractivity contribution is 7.98. The van der Waals surface area contributed by atoms with Gasteiger partial charge in [0.2, 0.25) is 0 Å². The van der Waals surface area contributed by atoms with Crippen molar-refractivity contribution in [2.75, 3.05) is 11.6 Å². The average molecular weight is 322 g/mol. The van der Waals surface area contributed by atoms with Gasteiger partial charge in [-0.3, -0.25) is 4.98 Å². The quantitative estimate of drug-likeness (QED) is 0.714. The summed E-state index contributed by atoms with van der Waals surface area (Å²) in [7, 11) is 0. The van der Waals surface area contributed by atoms with Crippen molar-refractivity contribution in [1.82, 2.24) is 15.0 Å². The molecule has 116 valence electrons. The molecule has 4 nitrogen and oxygen atoms in total. The molecule has 0 bridgehead atoms. The van der Waals surface area contributed by atoms with Crippen molar-refractivity contribution in [3.8, 4) is 11.4 Å². The zero-order valence-corrected chi connectivity index (χ0v) is 14.0. The molecule has 0 fully saturated rings. The standard InChI is InChI=1S/C18H18N4S/c1-13-21-17(16-5-3-4-10-19-16)11-18(22-13)20-12-14-6-8-15(23-2)9-7-14/h3-11H,12H2,1-2H3,(H,20,21,22). The first-order valence-electron chi connectivity index (χ1n) is 7.38. The summed E-state index contributed by atoms with van der Waals surface area (Å²) < 4.78 is 0. The fourth-order valence-electron chi connectivity index (χ4n) is 2.24. The van der Waals surface area contributed by atoms with E-state index in [1.165, 1.54) is 10.5 Å². The predicted molar refractivity (Wildman–Crippen MR) is 95.5 cm³/mol. The van der Waals surface area contributed by atoms with Crippen molar-refractivity contribution >= 4 is 17.6 Å². The fraction of sp³-hybridized carbons (Fsp3) is 0.167. The van der Waals surface area contributed by atoms with E-state index < -0.39 is 0 Å². The molecule has 3 rings (SSSR count). The molecule has 0 unspecified atom stereocenters. The summed E-state index contributed by atoms with van der Waals surface area (Å²) in [5.74, 6) is 1.54. The van der Waals surface area contributed by atoms with Crippen LogP contribution in [0.1, 0.15) is 11.4 Å². The van der Waals surface area contributed by atoms with Gasteiger partial charge in [0, 0.05) is 23.7 Å². The third-order valence-corrected chi connectivity index (χ3v) is 4.14. The van der Waals surface area contributed by atoms with Crippen LogP contribution >= 0.6 is 11.8 Å². The fourth-order valence-corrected chi connectivity index (χ4v) is 2.65. The molecule has 1 N–H and O–H groups in total. The molecular formula is C18H18N4S. The Morgan fingerprint density at radius 2 is 1.83 bits per heavy atom. The molecule has 2 heterocycles. The molecule has 0 aliphatic heterocycles. The van der Waals surface area contributed by atoms with Gasteiger partial charge in [0.15, 0.2) is 0 Å². The van der Waals surface area contributed by atoms with E-state index in [0.29, 0.717) is 0 Å². The van der Waals surface area contributed by atoms with E-state index in [-0.39, 0.29) is 0 Å². The summed E-state index contributed by atoms with van der Waals surface area (Å²) in [6.07, 6.45) is 3.85. The van der Waals surface area contributed by atoms with Gasteiger partial charge in [0.05, 0.1) is 11.4 Å². The van der Waals surface area contributed by atoms with Crippen LogP contribution in [0.4, 0.5) is 5.82 Å². The number of anilines is 1. The topological polar surface area (TPSA) is 50.7 Å². The van der Waals surface area contributed by atoms with Gasteiger partial charge in [0.25, 0.3) is 0 Å². The molecule has 0 radical (unpaired) electrons. The van der Waals surface area contributed by atoms with Gasteiger partial charge in [-0.05, 0) is 43.0 Å². The second kappa shape index (κ2) is 7.24. The number of hydrogen-bond acceptors (Lipinski definition) is 5. The SMILES string of the molecule is CSc1ccc(CNc2cc(-c3ccccn3)nc(C)n2)cc1. The van der Waals surface area contributed by atoms with Crippen LogP contribution in [0.3, 0.4) is 0 Å². The summed E-state index contributed by atoms with van der Waals surface area (Å²) in [4.78, 5) is 14.5. The second-order valence-electron chi connectivity index (χ2n) is 5.10. The van der Waals surface area contributed by atoms with Crippen LogP contribution in [0.5, 0.6) is 0 Å². The number of nitrogens with one attached hydrogen (secondary N) is 1. The highest BCUT2D eigenvalue weighted by atomic mass is 32.2. The Labute approximate surface area is 140 Å². The monoisotopic (exact) mass is 322 g/mol. The van der Waals surface area contributed by atoms with Crippen molar-refractivity contribution in [1.29, 1.82) is 0 Å². The Hall–Kier alpha value is -2.40. The number of benzene rings is 1. The van der Waals surface area contributed by atoms with E-state index in [1.54, 1.807) is 18.0 Å². The van der Waals surface area contributed by atoms with Crippen LogP contribution in [0.15, 0.2) is 59.6 Å². The molecule has 2 aromatic heterocycles. The molecule has 1 aromatic carbocycles. The van der Waals surface area contributed by atoms with Crippen molar-refractivity contribution in [3.05, 3.63) is 66.1 Å². The summed E-state index contributed by atoms with van der Waals surface area (Å²) in [5, 5.41) is 3.36. The minimum Gasteiger partial charge on any atom is -0.366 e. The number of aromatic nitrogens is 3. The van der Waals surface area contributed by atoms with Gasteiger partial charge >= 0.3 is 0 Å². The smallest absolute Gasteiger partial charge is 0.130 e. The zero-order valence-electron chi connectivity index (χ0n) is 13.2. The Bertz CT molecular complexity index is 773. The first-order valence-corrected chi connectivity index (χ1v) is 8.61. The molecule has 0 saturated heterocycles.